The summed E-state index contributed by atoms with van der Waals surface area (Å²) < 4.78 is 6.08. The number of aromatic nitrogens is 4. The second kappa shape index (κ2) is 4.92. The molecule has 2 rings (SSSR count). The van der Waals surface area contributed by atoms with Crippen molar-refractivity contribution in [2.75, 3.05) is 31.8 Å². The Morgan fingerprint density at radius 2 is 2.21 bits per heavy atom. The molecule has 0 aliphatic heterocycles. The molecule has 100 valence electrons. The smallest absolute Gasteiger partial charge is 0.345 e. The van der Waals surface area contributed by atoms with Crippen molar-refractivity contribution in [1.29, 1.82) is 0 Å². The minimum Gasteiger partial charge on any atom is -0.465 e. The van der Waals surface area contributed by atoms with Gasteiger partial charge in [-0.25, -0.2) is 4.79 Å². The summed E-state index contributed by atoms with van der Waals surface area (Å²) in [6.45, 7) is 0. The highest BCUT2D eigenvalue weighted by molar-refractivity contribution is 6.00. The lowest BCUT2D eigenvalue weighted by Crippen LogP contribution is -2.14. The third kappa shape index (κ3) is 2.19. The topological polar surface area (TPSA) is 99.2 Å². The van der Waals surface area contributed by atoms with Gasteiger partial charge in [0.1, 0.15) is 11.4 Å². The Morgan fingerprint density at radius 3 is 2.74 bits per heavy atom. The molecular formula is C11H14N6O2. The minimum absolute atomic E-state index is 0.163. The molecule has 2 heterocycles. The first-order valence-electron chi connectivity index (χ1n) is 5.48. The maximum atomic E-state index is 11.8. The molecule has 0 unspecified atom stereocenters. The fourth-order valence-corrected chi connectivity index (χ4v) is 1.61. The number of hydrogen-bond donors (Lipinski definition) is 1. The van der Waals surface area contributed by atoms with Crippen LogP contribution in [0, 0.1) is 0 Å². The number of nitrogen functional groups attached to an aromatic ring is 1. The molecule has 19 heavy (non-hydrogen) atoms. The first kappa shape index (κ1) is 12.8. The number of rotatable bonds is 3. The molecule has 0 fully saturated rings. The number of anilines is 2. The van der Waals surface area contributed by atoms with E-state index in [4.69, 9.17) is 10.5 Å². The average Bonchev–Trinajstić information content (AvgIpc) is 2.77. The summed E-state index contributed by atoms with van der Waals surface area (Å²) in [6.07, 6.45) is 1.54. The molecule has 0 saturated carbocycles. The van der Waals surface area contributed by atoms with E-state index in [1.165, 1.54) is 18.0 Å². The quantitative estimate of drug-likeness (QED) is 0.783. The first-order valence-corrected chi connectivity index (χ1v) is 5.48. The van der Waals surface area contributed by atoms with Gasteiger partial charge in [0.25, 0.3) is 0 Å². The highest BCUT2D eigenvalue weighted by Gasteiger charge is 2.25. The second-order valence-electron chi connectivity index (χ2n) is 3.96. The molecule has 0 aromatic carbocycles. The summed E-state index contributed by atoms with van der Waals surface area (Å²) in [4.78, 5) is 13.5. The molecule has 2 aromatic heterocycles. The van der Waals surface area contributed by atoms with Crippen LogP contribution in [-0.2, 0) is 4.74 Å². The van der Waals surface area contributed by atoms with Gasteiger partial charge in [-0.05, 0) is 12.1 Å². The lowest BCUT2D eigenvalue weighted by molar-refractivity contribution is 0.0602. The molecule has 2 N–H and O–H groups in total. The lowest BCUT2D eigenvalue weighted by atomic mass is 10.3. The second-order valence-corrected chi connectivity index (χ2v) is 3.96. The van der Waals surface area contributed by atoms with Crippen molar-refractivity contribution in [2.24, 2.45) is 0 Å². The average molecular weight is 262 g/mol. The molecular weight excluding hydrogens is 248 g/mol. The number of hydrogen-bond acceptors (Lipinski definition) is 7. The number of esters is 1. The van der Waals surface area contributed by atoms with Crippen LogP contribution < -0.4 is 10.6 Å². The molecule has 8 heteroatoms. The highest BCUT2D eigenvalue weighted by Crippen LogP contribution is 2.26. The summed E-state index contributed by atoms with van der Waals surface area (Å²) >= 11 is 0. The van der Waals surface area contributed by atoms with E-state index in [1.54, 1.807) is 31.1 Å². The molecule has 0 aliphatic carbocycles. The van der Waals surface area contributed by atoms with E-state index in [0.29, 0.717) is 11.6 Å². The summed E-state index contributed by atoms with van der Waals surface area (Å²) in [7, 11) is 4.81. The maximum Gasteiger partial charge on any atom is 0.345 e. The van der Waals surface area contributed by atoms with Gasteiger partial charge < -0.3 is 15.4 Å². The minimum atomic E-state index is -0.545. The van der Waals surface area contributed by atoms with Crippen LogP contribution in [0.1, 0.15) is 10.4 Å². The van der Waals surface area contributed by atoms with E-state index in [2.05, 4.69) is 15.3 Å². The van der Waals surface area contributed by atoms with Crippen molar-refractivity contribution < 1.29 is 9.53 Å². The van der Waals surface area contributed by atoms with Gasteiger partial charge in [-0.15, -0.1) is 10.2 Å². The van der Waals surface area contributed by atoms with Crippen molar-refractivity contribution in [3.8, 4) is 5.82 Å². The fourth-order valence-electron chi connectivity index (χ4n) is 1.61. The van der Waals surface area contributed by atoms with Gasteiger partial charge in [-0.3, -0.25) is 0 Å². The van der Waals surface area contributed by atoms with Crippen molar-refractivity contribution >= 4 is 17.6 Å². The zero-order valence-electron chi connectivity index (χ0n) is 10.9. The standard InChI is InChI=1S/C11H14N6O2/c1-16(2)10-8(11(18)19-3)9(12)17(15-10)7-5-4-6-13-14-7/h4-6H,12H2,1-3H3. The van der Waals surface area contributed by atoms with E-state index in [-0.39, 0.29) is 11.4 Å². The van der Waals surface area contributed by atoms with Gasteiger partial charge in [0.15, 0.2) is 11.6 Å². The van der Waals surface area contributed by atoms with Crippen molar-refractivity contribution in [2.45, 2.75) is 0 Å². The van der Waals surface area contributed by atoms with Crippen molar-refractivity contribution in [1.82, 2.24) is 20.0 Å². The monoisotopic (exact) mass is 262 g/mol. The molecule has 2 aromatic rings. The van der Waals surface area contributed by atoms with Crippen LogP contribution in [0.25, 0.3) is 5.82 Å². The van der Waals surface area contributed by atoms with Crippen LogP contribution in [0.3, 0.4) is 0 Å². The lowest BCUT2D eigenvalue weighted by Gasteiger charge is -2.09. The Bertz CT molecular complexity index is 593. The Kier molecular flexibility index (Phi) is 3.32. The van der Waals surface area contributed by atoms with E-state index < -0.39 is 5.97 Å². The van der Waals surface area contributed by atoms with Gasteiger partial charge in [0.2, 0.25) is 0 Å². The van der Waals surface area contributed by atoms with Crippen LogP contribution in [0.15, 0.2) is 18.3 Å². The van der Waals surface area contributed by atoms with Gasteiger partial charge in [-0.2, -0.15) is 9.78 Å². The molecule has 0 spiro atoms. The third-order valence-electron chi connectivity index (χ3n) is 2.49. The largest absolute Gasteiger partial charge is 0.465 e. The number of methoxy groups -OCH3 is 1. The molecule has 0 aliphatic rings. The molecule has 0 saturated heterocycles. The van der Waals surface area contributed by atoms with Crippen LogP contribution in [0.5, 0.6) is 0 Å². The number of carbonyl (C=O) groups excluding carboxylic acids is 1. The third-order valence-corrected chi connectivity index (χ3v) is 2.49. The van der Waals surface area contributed by atoms with Crippen molar-refractivity contribution in [3.63, 3.8) is 0 Å². The summed E-state index contributed by atoms with van der Waals surface area (Å²) in [5.74, 6) is 0.459. The Morgan fingerprint density at radius 1 is 1.47 bits per heavy atom. The summed E-state index contributed by atoms with van der Waals surface area (Å²) in [5.41, 5.74) is 6.16. The molecule has 8 nitrogen and oxygen atoms in total. The van der Waals surface area contributed by atoms with Gasteiger partial charge in [0.05, 0.1) is 7.11 Å². The van der Waals surface area contributed by atoms with E-state index in [9.17, 15) is 4.79 Å². The van der Waals surface area contributed by atoms with Crippen LogP contribution in [0.4, 0.5) is 11.6 Å². The molecule has 0 amide bonds. The van der Waals surface area contributed by atoms with Gasteiger partial charge in [0, 0.05) is 20.3 Å². The predicted molar refractivity (Wildman–Crippen MR) is 69.2 cm³/mol. The number of nitrogens with zero attached hydrogens (tertiary/aromatic N) is 5. The SMILES string of the molecule is COC(=O)c1c(N(C)C)nn(-c2cccnn2)c1N. The van der Waals surface area contributed by atoms with Crippen LogP contribution in [0.2, 0.25) is 0 Å². The van der Waals surface area contributed by atoms with Gasteiger partial charge >= 0.3 is 5.97 Å². The van der Waals surface area contributed by atoms with E-state index in [0.717, 1.165) is 0 Å². The molecule has 0 atom stereocenters. The Hall–Kier alpha value is -2.64. The molecule has 0 radical (unpaired) electrons. The predicted octanol–water partition coefficient (Wildman–Crippen LogP) is 0.0971. The normalized spacial score (nSPS) is 10.3. The number of carbonyl (C=O) groups is 1. The van der Waals surface area contributed by atoms with E-state index in [1.807, 2.05) is 0 Å². The molecule has 0 bridgehead atoms. The van der Waals surface area contributed by atoms with Gasteiger partial charge in [-0.1, -0.05) is 0 Å². The zero-order chi connectivity index (χ0) is 14.0. The highest BCUT2D eigenvalue weighted by atomic mass is 16.5. The van der Waals surface area contributed by atoms with Crippen LogP contribution in [-0.4, -0.2) is 47.2 Å². The number of ether oxygens (including phenoxy) is 1. The fraction of sp³-hybridized carbons (Fsp3) is 0.273. The van der Waals surface area contributed by atoms with E-state index >= 15 is 0 Å². The zero-order valence-corrected chi connectivity index (χ0v) is 10.9. The van der Waals surface area contributed by atoms with Crippen LogP contribution >= 0.6 is 0 Å². The summed E-state index contributed by atoms with van der Waals surface area (Å²) in [6, 6.07) is 3.40. The maximum absolute atomic E-state index is 11.8. The van der Waals surface area contributed by atoms with Crippen molar-refractivity contribution in [3.05, 3.63) is 23.9 Å². The Balaban J connectivity index is 2.62. The summed E-state index contributed by atoms with van der Waals surface area (Å²) in [5, 5.41) is 11.9. The first-order chi connectivity index (χ1) is 9.06. The Labute approximate surface area is 109 Å². The number of nitrogens with two attached hydrogens (primary N) is 1.